The SMILES string of the molecule is CC1CC(CN)CN1C(=O)Cc1cccc(I)c1.Cl. The molecule has 2 rings (SSSR count). The van der Waals surface area contributed by atoms with Gasteiger partial charge in [-0.25, -0.2) is 0 Å². The van der Waals surface area contributed by atoms with Gasteiger partial charge in [-0.2, -0.15) is 0 Å². The largest absolute Gasteiger partial charge is 0.339 e. The van der Waals surface area contributed by atoms with E-state index in [1.54, 1.807) is 0 Å². The second-order valence-electron chi connectivity index (χ2n) is 5.04. The monoisotopic (exact) mass is 394 g/mol. The van der Waals surface area contributed by atoms with E-state index in [0.29, 0.717) is 24.9 Å². The van der Waals surface area contributed by atoms with Crippen molar-refractivity contribution < 1.29 is 4.79 Å². The van der Waals surface area contributed by atoms with Crippen molar-refractivity contribution in [2.24, 2.45) is 11.7 Å². The summed E-state index contributed by atoms with van der Waals surface area (Å²) in [4.78, 5) is 14.3. The third kappa shape index (κ3) is 4.33. The van der Waals surface area contributed by atoms with Crippen LogP contribution in [0.2, 0.25) is 0 Å². The van der Waals surface area contributed by atoms with Crippen molar-refractivity contribution >= 4 is 40.9 Å². The average molecular weight is 395 g/mol. The Bertz CT molecular complexity index is 441. The van der Waals surface area contributed by atoms with Gasteiger partial charge in [0.2, 0.25) is 5.91 Å². The molecular weight excluding hydrogens is 375 g/mol. The minimum absolute atomic E-state index is 0. The lowest BCUT2D eigenvalue weighted by molar-refractivity contribution is -0.131. The number of halogens is 2. The molecule has 1 saturated heterocycles. The summed E-state index contributed by atoms with van der Waals surface area (Å²) in [6, 6.07) is 8.45. The van der Waals surface area contributed by atoms with E-state index in [9.17, 15) is 4.79 Å². The number of nitrogens with two attached hydrogens (primary N) is 1. The maximum atomic E-state index is 12.3. The minimum atomic E-state index is 0. The summed E-state index contributed by atoms with van der Waals surface area (Å²) in [5, 5.41) is 0. The molecule has 2 N–H and O–H groups in total. The Balaban J connectivity index is 0.00000180. The van der Waals surface area contributed by atoms with Gasteiger partial charge in [0.05, 0.1) is 6.42 Å². The first-order chi connectivity index (χ1) is 8.60. The van der Waals surface area contributed by atoms with Crippen molar-refractivity contribution in [2.45, 2.75) is 25.8 Å². The van der Waals surface area contributed by atoms with Gasteiger partial charge in [-0.15, -0.1) is 12.4 Å². The molecule has 0 bridgehead atoms. The second kappa shape index (κ2) is 7.45. The smallest absolute Gasteiger partial charge is 0.227 e. The normalized spacial score (nSPS) is 22.2. The van der Waals surface area contributed by atoms with E-state index < -0.39 is 0 Å². The molecule has 2 atom stereocenters. The molecule has 0 aromatic heterocycles. The van der Waals surface area contributed by atoms with Gasteiger partial charge in [0.15, 0.2) is 0 Å². The van der Waals surface area contributed by atoms with Gasteiger partial charge in [0, 0.05) is 16.2 Å². The maximum Gasteiger partial charge on any atom is 0.227 e. The first-order valence-electron chi connectivity index (χ1n) is 6.34. The predicted molar refractivity (Wildman–Crippen MR) is 88.4 cm³/mol. The van der Waals surface area contributed by atoms with Crippen LogP contribution in [0.15, 0.2) is 24.3 Å². The molecular formula is C14H20ClIN2O. The summed E-state index contributed by atoms with van der Waals surface area (Å²) < 4.78 is 1.17. The van der Waals surface area contributed by atoms with E-state index in [1.807, 2.05) is 23.1 Å². The Morgan fingerprint density at radius 2 is 2.26 bits per heavy atom. The average Bonchev–Trinajstić information content (AvgIpc) is 2.70. The molecule has 1 aromatic carbocycles. The first-order valence-corrected chi connectivity index (χ1v) is 7.42. The predicted octanol–water partition coefficient (Wildman–Crippen LogP) is 2.45. The third-order valence-electron chi connectivity index (χ3n) is 3.56. The van der Waals surface area contributed by atoms with E-state index in [1.165, 1.54) is 3.57 Å². The lowest BCUT2D eigenvalue weighted by Crippen LogP contribution is -2.35. The lowest BCUT2D eigenvalue weighted by atomic mass is 10.1. The van der Waals surface area contributed by atoms with Gasteiger partial charge in [0.25, 0.3) is 0 Å². The first kappa shape index (κ1) is 16.7. The van der Waals surface area contributed by atoms with Gasteiger partial charge < -0.3 is 10.6 Å². The Kier molecular flexibility index (Phi) is 6.56. The van der Waals surface area contributed by atoms with Crippen molar-refractivity contribution in [1.82, 2.24) is 4.90 Å². The molecule has 1 heterocycles. The van der Waals surface area contributed by atoms with E-state index in [4.69, 9.17) is 5.73 Å². The highest BCUT2D eigenvalue weighted by molar-refractivity contribution is 14.1. The molecule has 19 heavy (non-hydrogen) atoms. The van der Waals surface area contributed by atoms with Gasteiger partial charge in [-0.05, 0) is 66.1 Å². The molecule has 0 spiro atoms. The topological polar surface area (TPSA) is 46.3 Å². The fourth-order valence-corrected chi connectivity index (χ4v) is 3.19. The van der Waals surface area contributed by atoms with Crippen LogP contribution in [0.3, 0.4) is 0 Å². The number of hydrogen-bond acceptors (Lipinski definition) is 2. The summed E-state index contributed by atoms with van der Waals surface area (Å²) in [5.74, 6) is 0.695. The quantitative estimate of drug-likeness (QED) is 0.801. The maximum absolute atomic E-state index is 12.3. The van der Waals surface area contributed by atoms with E-state index in [-0.39, 0.29) is 18.3 Å². The molecule has 1 fully saturated rings. The van der Waals surface area contributed by atoms with E-state index in [2.05, 4.69) is 35.6 Å². The molecule has 1 amide bonds. The number of rotatable bonds is 3. The highest BCUT2D eigenvalue weighted by atomic mass is 127. The standard InChI is InChI=1S/C14H19IN2O.ClH/c1-10-5-12(8-16)9-17(10)14(18)7-11-3-2-4-13(15)6-11;/h2-4,6,10,12H,5,7-9,16H2,1H3;1H. The molecule has 3 nitrogen and oxygen atoms in total. The molecule has 2 unspecified atom stereocenters. The van der Waals surface area contributed by atoms with Gasteiger partial charge in [-0.1, -0.05) is 12.1 Å². The number of likely N-dealkylation sites (tertiary alicyclic amines) is 1. The molecule has 1 aliphatic rings. The van der Waals surface area contributed by atoms with Crippen LogP contribution in [-0.4, -0.2) is 29.9 Å². The van der Waals surface area contributed by atoms with Crippen molar-refractivity contribution in [1.29, 1.82) is 0 Å². The van der Waals surface area contributed by atoms with Gasteiger partial charge in [0.1, 0.15) is 0 Å². The molecule has 106 valence electrons. The fourth-order valence-electron chi connectivity index (χ4n) is 2.58. The van der Waals surface area contributed by atoms with Crippen LogP contribution in [0.25, 0.3) is 0 Å². The zero-order chi connectivity index (χ0) is 13.1. The zero-order valence-electron chi connectivity index (χ0n) is 11.0. The molecule has 0 saturated carbocycles. The van der Waals surface area contributed by atoms with Crippen LogP contribution in [-0.2, 0) is 11.2 Å². The number of hydrogen-bond donors (Lipinski definition) is 1. The Morgan fingerprint density at radius 3 is 2.84 bits per heavy atom. The number of carbonyl (C=O) groups excluding carboxylic acids is 1. The Labute approximate surface area is 134 Å². The van der Waals surface area contributed by atoms with Gasteiger partial charge in [-0.3, -0.25) is 4.79 Å². The summed E-state index contributed by atoms with van der Waals surface area (Å²) in [5.41, 5.74) is 6.78. The van der Waals surface area contributed by atoms with Crippen LogP contribution >= 0.6 is 35.0 Å². The van der Waals surface area contributed by atoms with Crippen LogP contribution < -0.4 is 5.73 Å². The van der Waals surface area contributed by atoms with Gasteiger partial charge >= 0.3 is 0 Å². The highest BCUT2D eigenvalue weighted by Crippen LogP contribution is 2.23. The van der Waals surface area contributed by atoms with Crippen molar-refractivity contribution in [3.05, 3.63) is 33.4 Å². The highest BCUT2D eigenvalue weighted by Gasteiger charge is 2.31. The van der Waals surface area contributed by atoms with Crippen LogP contribution in [0, 0.1) is 9.49 Å². The van der Waals surface area contributed by atoms with Crippen LogP contribution in [0.1, 0.15) is 18.9 Å². The summed E-state index contributed by atoms with van der Waals surface area (Å²) in [7, 11) is 0. The molecule has 0 radical (unpaired) electrons. The number of benzene rings is 1. The van der Waals surface area contributed by atoms with Crippen molar-refractivity contribution in [3.63, 3.8) is 0 Å². The van der Waals surface area contributed by atoms with Crippen molar-refractivity contribution in [2.75, 3.05) is 13.1 Å². The fraction of sp³-hybridized carbons (Fsp3) is 0.500. The lowest BCUT2D eigenvalue weighted by Gasteiger charge is -2.21. The minimum Gasteiger partial charge on any atom is -0.339 e. The Hall–Kier alpha value is -0.330. The summed E-state index contributed by atoms with van der Waals surface area (Å²) in [6.45, 7) is 3.61. The number of carbonyl (C=O) groups is 1. The molecule has 5 heteroatoms. The summed E-state index contributed by atoms with van der Waals surface area (Å²) >= 11 is 2.27. The van der Waals surface area contributed by atoms with Crippen LogP contribution in [0.4, 0.5) is 0 Å². The zero-order valence-corrected chi connectivity index (χ0v) is 14.0. The second-order valence-corrected chi connectivity index (χ2v) is 6.28. The summed E-state index contributed by atoms with van der Waals surface area (Å²) in [6.07, 6.45) is 1.53. The molecule has 0 aliphatic carbocycles. The van der Waals surface area contributed by atoms with E-state index >= 15 is 0 Å². The van der Waals surface area contributed by atoms with Crippen molar-refractivity contribution in [3.8, 4) is 0 Å². The van der Waals surface area contributed by atoms with E-state index in [0.717, 1.165) is 18.5 Å². The number of amides is 1. The number of nitrogens with zero attached hydrogens (tertiary/aromatic N) is 1. The van der Waals surface area contributed by atoms with Crippen LogP contribution in [0.5, 0.6) is 0 Å². The Morgan fingerprint density at radius 1 is 1.53 bits per heavy atom. The molecule has 1 aromatic rings. The third-order valence-corrected chi connectivity index (χ3v) is 4.23. The molecule has 1 aliphatic heterocycles.